The average molecular weight is 257 g/mol. The minimum Gasteiger partial charge on any atom is -0.479 e. The summed E-state index contributed by atoms with van der Waals surface area (Å²) in [5.41, 5.74) is -2.53. The first-order chi connectivity index (χ1) is 7.64. The molecule has 1 unspecified atom stereocenters. The topological polar surface area (TPSA) is 57.6 Å². The molecule has 0 aromatic carbocycles. The Morgan fingerprint density at radius 3 is 2.35 bits per heavy atom. The highest BCUT2D eigenvalue weighted by molar-refractivity contribution is 5.82. The highest BCUT2D eigenvalue weighted by Gasteiger charge is 2.47. The zero-order valence-corrected chi connectivity index (χ0v) is 8.76. The van der Waals surface area contributed by atoms with E-state index in [4.69, 9.17) is 5.11 Å². The lowest BCUT2D eigenvalue weighted by molar-refractivity contribution is -0.152. The fourth-order valence-electron chi connectivity index (χ4n) is 1.57. The van der Waals surface area contributed by atoms with Gasteiger partial charge in [0.2, 0.25) is 11.6 Å². The van der Waals surface area contributed by atoms with Crippen molar-refractivity contribution in [2.45, 2.75) is 31.1 Å². The lowest BCUT2D eigenvalue weighted by atomic mass is 10.1. The molecule has 0 radical (unpaired) electrons. The Labute approximate surface area is 94.2 Å². The van der Waals surface area contributed by atoms with Gasteiger partial charge in [0.1, 0.15) is 0 Å². The van der Waals surface area contributed by atoms with E-state index in [0.29, 0.717) is 0 Å². The summed E-state index contributed by atoms with van der Waals surface area (Å²) < 4.78 is 49.0. The van der Waals surface area contributed by atoms with Gasteiger partial charge in [-0.3, -0.25) is 4.79 Å². The van der Waals surface area contributed by atoms with Gasteiger partial charge in [-0.1, -0.05) is 0 Å². The molecule has 0 aromatic rings. The lowest BCUT2D eigenvalue weighted by Gasteiger charge is -2.18. The van der Waals surface area contributed by atoms with Gasteiger partial charge in [0.05, 0.1) is 13.0 Å². The van der Waals surface area contributed by atoms with Crippen LogP contribution in [0.15, 0.2) is 0 Å². The van der Waals surface area contributed by atoms with Gasteiger partial charge < -0.3 is 10.0 Å². The van der Waals surface area contributed by atoms with Crippen molar-refractivity contribution in [2.24, 2.45) is 0 Å². The Kier molecular flexibility index (Phi) is 3.63. The number of hydrogen-bond donors (Lipinski definition) is 1. The fraction of sp³-hybridized carbons (Fsp3) is 0.778. The normalized spacial score (nSPS) is 25.1. The minimum atomic E-state index is -4.45. The van der Waals surface area contributed by atoms with E-state index in [-0.39, 0.29) is 13.0 Å². The van der Waals surface area contributed by atoms with Crippen molar-refractivity contribution in [2.75, 3.05) is 13.1 Å². The van der Waals surface area contributed by atoms with Crippen molar-refractivity contribution in [3.05, 3.63) is 0 Å². The zero-order chi connectivity index (χ0) is 13.3. The monoisotopic (exact) mass is 257 g/mol. The Balaban J connectivity index is 2.49. The number of hydrogen-bond acceptors (Lipinski definition) is 2. The Morgan fingerprint density at radius 1 is 1.35 bits per heavy atom. The molecule has 1 aliphatic rings. The third kappa shape index (κ3) is 3.57. The molecule has 8 heteroatoms. The summed E-state index contributed by atoms with van der Waals surface area (Å²) in [4.78, 5) is 22.6. The standard InChI is InChI=1S/C9H11F4NO3/c10-8(7(16)17)3-4-14(5-8)6(15)1-2-9(11,12)13/h1-5H2,(H,16,17). The molecule has 0 aromatic heterocycles. The summed E-state index contributed by atoms with van der Waals surface area (Å²) >= 11 is 0. The van der Waals surface area contributed by atoms with Crippen LogP contribution < -0.4 is 0 Å². The molecule has 1 fully saturated rings. The van der Waals surface area contributed by atoms with E-state index < -0.39 is 43.1 Å². The van der Waals surface area contributed by atoms with E-state index >= 15 is 0 Å². The average Bonchev–Trinajstić information content (AvgIpc) is 2.58. The third-order valence-electron chi connectivity index (χ3n) is 2.58. The number of carboxylic acids is 1. The van der Waals surface area contributed by atoms with Gasteiger partial charge in [-0.2, -0.15) is 13.2 Å². The van der Waals surface area contributed by atoms with Crippen LogP contribution in [0.5, 0.6) is 0 Å². The minimum absolute atomic E-state index is 0.167. The molecule has 1 aliphatic heterocycles. The quantitative estimate of drug-likeness (QED) is 0.776. The second kappa shape index (κ2) is 4.50. The molecular formula is C9H11F4NO3. The van der Waals surface area contributed by atoms with Gasteiger partial charge in [-0.25, -0.2) is 9.18 Å². The van der Waals surface area contributed by atoms with E-state index in [0.717, 1.165) is 4.90 Å². The van der Waals surface area contributed by atoms with Crippen molar-refractivity contribution in [3.63, 3.8) is 0 Å². The Hall–Kier alpha value is -1.34. The van der Waals surface area contributed by atoms with Crippen LogP contribution in [0.2, 0.25) is 0 Å². The number of likely N-dealkylation sites (tertiary alicyclic amines) is 1. The number of nitrogens with zero attached hydrogens (tertiary/aromatic N) is 1. The third-order valence-corrected chi connectivity index (χ3v) is 2.58. The van der Waals surface area contributed by atoms with Gasteiger partial charge in [-0.05, 0) is 0 Å². The van der Waals surface area contributed by atoms with Crippen LogP contribution in [0.3, 0.4) is 0 Å². The van der Waals surface area contributed by atoms with Crippen LogP contribution in [0, 0.1) is 0 Å². The first-order valence-electron chi connectivity index (χ1n) is 4.91. The number of carbonyl (C=O) groups is 2. The van der Waals surface area contributed by atoms with Crippen molar-refractivity contribution < 1.29 is 32.3 Å². The predicted molar refractivity (Wildman–Crippen MR) is 48.0 cm³/mol. The SMILES string of the molecule is O=C(CCC(F)(F)F)N1CCC(F)(C(=O)O)C1. The number of rotatable bonds is 3. The Morgan fingerprint density at radius 2 is 1.94 bits per heavy atom. The molecule has 1 heterocycles. The van der Waals surface area contributed by atoms with Crippen LogP contribution in [-0.2, 0) is 9.59 Å². The molecule has 4 nitrogen and oxygen atoms in total. The second-order valence-electron chi connectivity index (χ2n) is 3.95. The maximum atomic E-state index is 13.5. The van der Waals surface area contributed by atoms with Gasteiger partial charge in [-0.15, -0.1) is 0 Å². The summed E-state index contributed by atoms with van der Waals surface area (Å²) in [7, 11) is 0. The second-order valence-corrected chi connectivity index (χ2v) is 3.95. The molecule has 1 amide bonds. The molecule has 1 saturated heterocycles. The van der Waals surface area contributed by atoms with Gasteiger partial charge in [0, 0.05) is 19.4 Å². The largest absolute Gasteiger partial charge is 0.479 e. The summed E-state index contributed by atoms with van der Waals surface area (Å²) in [5.74, 6) is -2.56. The molecule has 17 heavy (non-hydrogen) atoms. The van der Waals surface area contributed by atoms with Crippen molar-refractivity contribution >= 4 is 11.9 Å². The maximum Gasteiger partial charge on any atom is 0.389 e. The van der Waals surface area contributed by atoms with Crippen LogP contribution in [-0.4, -0.2) is 46.8 Å². The Bertz CT molecular complexity index is 331. The highest BCUT2D eigenvalue weighted by Crippen LogP contribution is 2.28. The number of carboxylic acid groups (broad SMARTS) is 1. The summed E-state index contributed by atoms with van der Waals surface area (Å²) in [6, 6.07) is 0. The molecule has 98 valence electrons. The van der Waals surface area contributed by atoms with E-state index in [9.17, 15) is 27.2 Å². The molecule has 0 saturated carbocycles. The highest BCUT2D eigenvalue weighted by atomic mass is 19.4. The molecular weight excluding hydrogens is 246 g/mol. The molecule has 0 spiro atoms. The van der Waals surface area contributed by atoms with Gasteiger partial charge in [0.15, 0.2) is 0 Å². The molecule has 1 N–H and O–H groups in total. The van der Waals surface area contributed by atoms with Gasteiger partial charge >= 0.3 is 12.1 Å². The number of amides is 1. The number of halogens is 4. The van der Waals surface area contributed by atoms with Gasteiger partial charge in [0.25, 0.3) is 0 Å². The first kappa shape index (κ1) is 13.7. The van der Waals surface area contributed by atoms with E-state index in [1.54, 1.807) is 0 Å². The van der Waals surface area contributed by atoms with E-state index in [1.165, 1.54) is 0 Å². The van der Waals surface area contributed by atoms with Crippen LogP contribution >= 0.6 is 0 Å². The number of carbonyl (C=O) groups excluding carboxylic acids is 1. The van der Waals surface area contributed by atoms with E-state index in [1.807, 2.05) is 0 Å². The lowest BCUT2D eigenvalue weighted by Crippen LogP contribution is -2.39. The molecule has 0 bridgehead atoms. The van der Waals surface area contributed by atoms with Crippen LogP contribution in [0.25, 0.3) is 0 Å². The van der Waals surface area contributed by atoms with Crippen molar-refractivity contribution in [3.8, 4) is 0 Å². The van der Waals surface area contributed by atoms with Crippen molar-refractivity contribution in [1.29, 1.82) is 0 Å². The number of alkyl halides is 4. The first-order valence-corrected chi connectivity index (χ1v) is 4.91. The summed E-state index contributed by atoms with van der Waals surface area (Å²) in [6.07, 6.45) is -6.90. The van der Waals surface area contributed by atoms with Crippen molar-refractivity contribution in [1.82, 2.24) is 4.90 Å². The maximum absolute atomic E-state index is 13.5. The van der Waals surface area contributed by atoms with Crippen LogP contribution in [0.4, 0.5) is 17.6 Å². The molecule has 0 aliphatic carbocycles. The zero-order valence-electron chi connectivity index (χ0n) is 8.76. The predicted octanol–water partition coefficient (Wildman–Crippen LogP) is 1.35. The molecule has 1 atom stereocenters. The van der Waals surface area contributed by atoms with E-state index in [2.05, 4.69) is 0 Å². The molecule has 1 rings (SSSR count). The smallest absolute Gasteiger partial charge is 0.389 e. The number of aliphatic carboxylic acids is 1. The van der Waals surface area contributed by atoms with Crippen LogP contribution in [0.1, 0.15) is 19.3 Å². The summed E-state index contributed by atoms with van der Waals surface area (Å²) in [5, 5.41) is 8.54. The fourth-order valence-corrected chi connectivity index (χ4v) is 1.57. The summed E-state index contributed by atoms with van der Waals surface area (Å²) in [6.45, 7) is -0.849.